The van der Waals surface area contributed by atoms with Crippen LogP contribution in [-0.4, -0.2) is 45.9 Å². The Balaban J connectivity index is 1.70. The summed E-state index contributed by atoms with van der Waals surface area (Å²) in [5.41, 5.74) is 2.19. The Labute approximate surface area is 187 Å². The summed E-state index contributed by atoms with van der Waals surface area (Å²) in [6.07, 6.45) is 4.07. The fourth-order valence-electron chi connectivity index (χ4n) is 3.91. The maximum Gasteiger partial charge on any atom is 0.222 e. The van der Waals surface area contributed by atoms with Gasteiger partial charge in [0.15, 0.2) is 0 Å². The molecule has 1 aliphatic rings. The van der Waals surface area contributed by atoms with E-state index in [-0.39, 0.29) is 17.6 Å². The van der Waals surface area contributed by atoms with Crippen molar-refractivity contribution in [1.82, 2.24) is 19.9 Å². The minimum absolute atomic E-state index is 0.0387. The minimum Gasteiger partial charge on any atom is -0.373 e. The quantitative estimate of drug-likeness (QED) is 0.591. The molecule has 0 aliphatic carbocycles. The predicted molar refractivity (Wildman–Crippen MR) is 123 cm³/mol. The van der Waals surface area contributed by atoms with Crippen LogP contribution in [0, 0.1) is 5.82 Å². The maximum absolute atomic E-state index is 13.7. The summed E-state index contributed by atoms with van der Waals surface area (Å²) in [5.74, 6) is 1.88. The summed E-state index contributed by atoms with van der Waals surface area (Å²) in [6, 6.07) is 11.9. The largest absolute Gasteiger partial charge is 0.373 e. The smallest absolute Gasteiger partial charge is 0.222 e. The molecule has 1 fully saturated rings. The molecule has 1 aliphatic heterocycles. The van der Waals surface area contributed by atoms with Crippen molar-refractivity contribution in [3.63, 3.8) is 0 Å². The molecule has 32 heavy (non-hydrogen) atoms. The van der Waals surface area contributed by atoms with Crippen LogP contribution in [0.25, 0.3) is 11.3 Å². The Morgan fingerprint density at radius 2 is 2.06 bits per heavy atom. The SMILES string of the molecule is CCC(=O)N1CCCC(c2nc(Nc3cccc(F)c3)cc(-c3ccc(NC)nc3)n2)C1. The van der Waals surface area contributed by atoms with Gasteiger partial charge in [-0.3, -0.25) is 4.79 Å². The third-order valence-corrected chi connectivity index (χ3v) is 5.60. The molecular formula is C24H27FN6O. The highest BCUT2D eigenvalue weighted by Crippen LogP contribution is 2.29. The first-order valence-corrected chi connectivity index (χ1v) is 10.9. The number of hydrogen-bond donors (Lipinski definition) is 2. The van der Waals surface area contributed by atoms with E-state index in [1.807, 2.05) is 37.1 Å². The molecule has 1 amide bonds. The zero-order chi connectivity index (χ0) is 22.5. The number of rotatable bonds is 6. The summed E-state index contributed by atoms with van der Waals surface area (Å²) < 4.78 is 13.7. The van der Waals surface area contributed by atoms with Gasteiger partial charge in [-0.1, -0.05) is 13.0 Å². The fourth-order valence-corrected chi connectivity index (χ4v) is 3.91. The van der Waals surface area contributed by atoms with Crippen LogP contribution in [0.5, 0.6) is 0 Å². The van der Waals surface area contributed by atoms with Crippen molar-refractivity contribution in [2.24, 2.45) is 0 Å². The van der Waals surface area contributed by atoms with Crippen LogP contribution < -0.4 is 10.6 Å². The first kappa shape index (κ1) is 21.7. The van der Waals surface area contributed by atoms with Crippen LogP contribution in [0.3, 0.4) is 0 Å². The van der Waals surface area contributed by atoms with E-state index >= 15 is 0 Å². The molecule has 3 aromatic rings. The molecule has 7 nitrogen and oxygen atoms in total. The van der Waals surface area contributed by atoms with Crippen molar-refractivity contribution < 1.29 is 9.18 Å². The van der Waals surface area contributed by atoms with Crippen LogP contribution in [0.15, 0.2) is 48.7 Å². The van der Waals surface area contributed by atoms with Gasteiger partial charge in [-0.2, -0.15) is 0 Å². The maximum atomic E-state index is 13.7. The molecule has 1 atom stereocenters. The highest BCUT2D eigenvalue weighted by Gasteiger charge is 2.26. The van der Waals surface area contributed by atoms with Crippen molar-refractivity contribution >= 4 is 23.2 Å². The number of halogens is 1. The van der Waals surface area contributed by atoms with Crippen LogP contribution in [-0.2, 0) is 4.79 Å². The Kier molecular flexibility index (Phi) is 6.58. The number of likely N-dealkylation sites (tertiary alicyclic amines) is 1. The van der Waals surface area contributed by atoms with E-state index < -0.39 is 0 Å². The highest BCUT2D eigenvalue weighted by atomic mass is 19.1. The number of piperidine rings is 1. The summed E-state index contributed by atoms with van der Waals surface area (Å²) in [4.78, 5) is 28.1. The summed E-state index contributed by atoms with van der Waals surface area (Å²) in [7, 11) is 1.82. The van der Waals surface area contributed by atoms with Gasteiger partial charge in [0, 0.05) is 56.0 Å². The van der Waals surface area contributed by atoms with Crippen LogP contribution in [0.2, 0.25) is 0 Å². The van der Waals surface area contributed by atoms with E-state index in [2.05, 4.69) is 15.6 Å². The molecule has 166 valence electrons. The molecule has 0 spiro atoms. The highest BCUT2D eigenvalue weighted by molar-refractivity contribution is 5.76. The fraction of sp³-hybridized carbons (Fsp3) is 0.333. The van der Waals surface area contributed by atoms with Crippen molar-refractivity contribution in [2.45, 2.75) is 32.1 Å². The number of nitrogens with zero attached hydrogens (tertiary/aromatic N) is 4. The molecule has 0 saturated carbocycles. The van der Waals surface area contributed by atoms with Gasteiger partial charge in [0.05, 0.1) is 5.69 Å². The van der Waals surface area contributed by atoms with Gasteiger partial charge in [-0.15, -0.1) is 0 Å². The molecule has 0 bridgehead atoms. The molecule has 3 heterocycles. The average Bonchev–Trinajstić information content (AvgIpc) is 2.83. The lowest BCUT2D eigenvalue weighted by Gasteiger charge is -2.32. The van der Waals surface area contributed by atoms with E-state index in [9.17, 15) is 9.18 Å². The van der Waals surface area contributed by atoms with Crippen molar-refractivity contribution in [1.29, 1.82) is 0 Å². The monoisotopic (exact) mass is 434 g/mol. The van der Waals surface area contributed by atoms with Crippen molar-refractivity contribution in [3.8, 4) is 11.3 Å². The predicted octanol–water partition coefficient (Wildman–Crippen LogP) is 4.58. The van der Waals surface area contributed by atoms with E-state index in [1.54, 1.807) is 18.3 Å². The normalized spacial score (nSPS) is 16.0. The number of benzene rings is 1. The molecule has 1 unspecified atom stereocenters. The third kappa shape index (κ3) is 5.01. The van der Waals surface area contributed by atoms with E-state index in [1.165, 1.54) is 12.1 Å². The van der Waals surface area contributed by atoms with Crippen molar-refractivity contribution in [3.05, 3.63) is 60.3 Å². The minimum atomic E-state index is -0.322. The van der Waals surface area contributed by atoms with Crippen LogP contribution in [0.4, 0.5) is 21.7 Å². The zero-order valence-corrected chi connectivity index (χ0v) is 18.3. The van der Waals surface area contributed by atoms with E-state index in [4.69, 9.17) is 9.97 Å². The second kappa shape index (κ2) is 9.72. The average molecular weight is 435 g/mol. The van der Waals surface area contributed by atoms with Crippen molar-refractivity contribution in [2.75, 3.05) is 30.8 Å². The number of carbonyl (C=O) groups excluding carboxylic acids is 1. The first-order valence-electron chi connectivity index (χ1n) is 10.9. The molecule has 8 heteroatoms. The van der Waals surface area contributed by atoms with Gasteiger partial charge in [-0.25, -0.2) is 19.3 Å². The second-order valence-corrected chi connectivity index (χ2v) is 7.85. The zero-order valence-electron chi connectivity index (χ0n) is 18.3. The van der Waals surface area contributed by atoms with Gasteiger partial charge < -0.3 is 15.5 Å². The lowest BCUT2D eigenvalue weighted by atomic mass is 9.96. The molecule has 0 radical (unpaired) electrons. The number of anilines is 3. The van der Waals surface area contributed by atoms with Gasteiger partial charge in [-0.05, 0) is 43.2 Å². The lowest BCUT2D eigenvalue weighted by Crippen LogP contribution is -2.39. The Bertz CT molecular complexity index is 1090. The van der Waals surface area contributed by atoms with Gasteiger partial charge in [0.1, 0.15) is 23.3 Å². The van der Waals surface area contributed by atoms with Gasteiger partial charge in [0.2, 0.25) is 5.91 Å². The Morgan fingerprint density at radius 1 is 1.19 bits per heavy atom. The number of hydrogen-bond acceptors (Lipinski definition) is 6. The number of pyridine rings is 1. The molecular weight excluding hydrogens is 407 g/mol. The first-order chi connectivity index (χ1) is 15.6. The summed E-state index contributed by atoms with van der Waals surface area (Å²) >= 11 is 0. The number of amides is 1. The number of aromatic nitrogens is 3. The van der Waals surface area contributed by atoms with Gasteiger partial charge >= 0.3 is 0 Å². The van der Waals surface area contributed by atoms with Gasteiger partial charge in [0.25, 0.3) is 0 Å². The van der Waals surface area contributed by atoms with E-state index in [0.29, 0.717) is 30.3 Å². The summed E-state index contributed by atoms with van der Waals surface area (Å²) in [6.45, 7) is 3.26. The standard InChI is InChI=1S/C24H27FN6O/c1-3-23(32)31-11-5-6-17(15-31)24-29-20(16-9-10-21(26-2)27-14-16)13-22(30-24)28-19-8-4-7-18(25)12-19/h4,7-10,12-14,17H,3,5-6,11,15H2,1-2H3,(H,26,27)(H,28,29,30). The van der Waals surface area contributed by atoms with Crippen LogP contribution in [0.1, 0.15) is 37.9 Å². The Hall–Kier alpha value is -3.55. The molecule has 4 rings (SSSR count). The summed E-state index contributed by atoms with van der Waals surface area (Å²) in [5, 5.41) is 6.21. The van der Waals surface area contributed by atoms with Crippen LogP contribution >= 0.6 is 0 Å². The number of nitrogens with one attached hydrogen (secondary N) is 2. The lowest BCUT2D eigenvalue weighted by molar-refractivity contribution is -0.132. The molecule has 1 aromatic carbocycles. The molecule has 2 aromatic heterocycles. The van der Waals surface area contributed by atoms with E-state index in [0.717, 1.165) is 36.5 Å². The number of carbonyl (C=O) groups is 1. The molecule has 1 saturated heterocycles. The second-order valence-electron chi connectivity index (χ2n) is 7.85. The Morgan fingerprint density at radius 3 is 2.78 bits per heavy atom. The topological polar surface area (TPSA) is 83.0 Å². The molecule has 2 N–H and O–H groups in total. The third-order valence-electron chi connectivity index (χ3n) is 5.60.